The molecule has 1 aliphatic rings. The zero-order chi connectivity index (χ0) is 15.5. The minimum atomic E-state index is -1.42. The maximum absolute atomic E-state index is 14.2. The summed E-state index contributed by atoms with van der Waals surface area (Å²) in [5.41, 5.74) is -2.03. The Hall–Kier alpha value is -1.40. The molecule has 1 aromatic carbocycles. The third-order valence-electron chi connectivity index (χ3n) is 5.27. The number of nitrogens with zero attached hydrogens (tertiary/aromatic N) is 1. The molecule has 2 nitrogen and oxygen atoms in total. The molecule has 3 atom stereocenters. The molecule has 3 heteroatoms. The summed E-state index contributed by atoms with van der Waals surface area (Å²) < 4.78 is 14.2. The first kappa shape index (κ1) is 16.0. The number of rotatable bonds is 4. The van der Waals surface area contributed by atoms with E-state index in [4.69, 9.17) is 0 Å². The third kappa shape index (κ3) is 2.58. The van der Waals surface area contributed by atoms with Gasteiger partial charge in [0.1, 0.15) is 11.4 Å². The van der Waals surface area contributed by atoms with E-state index in [1.807, 2.05) is 6.92 Å². The Morgan fingerprint density at radius 1 is 1.43 bits per heavy atom. The minimum absolute atomic E-state index is 0.269. The van der Waals surface area contributed by atoms with Crippen LogP contribution in [-0.4, -0.2) is 5.11 Å². The zero-order valence-electron chi connectivity index (χ0n) is 12.9. The highest BCUT2D eigenvalue weighted by Gasteiger charge is 2.53. The van der Waals surface area contributed by atoms with Crippen LogP contribution in [0.2, 0.25) is 0 Å². The highest BCUT2D eigenvalue weighted by atomic mass is 19.1. The van der Waals surface area contributed by atoms with Gasteiger partial charge < -0.3 is 5.11 Å². The highest BCUT2D eigenvalue weighted by molar-refractivity contribution is 5.31. The van der Waals surface area contributed by atoms with Gasteiger partial charge in [0, 0.05) is 5.56 Å². The van der Waals surface area contributed by atoms with E-state index in [1.165, 1.54) is 6.07 Å². The molecule has 1 fully saturated rings. The fourth-order valence-corrected chi connectivity index (χ4v) is 3.89. The van der Waals surface area contributed by atoms with E-state index in [9.17, 15) is 14.8 Å². The molecule has 21 heavy (non-hydrogen) atoms. The Bertz CT molecular complexity index is 538. The number of benzene rings is 1. The number of halogens is 1. The van der Waals surface area contributed by atoms with Crippen LogP contribution in [0.1, 0.15) is 57.9 Å². The van der Waals surface area contributed by atoms with Crippen molar-refractivity contribution in [2.24, 2.45) is 11.3 Å². The predicted molar refractivity (Wildman–Crippen MR) is 80.9 cm³/mol. The van der Waals surface area contributed by atoms with Gasteiger partial charge in [-0.3, -0.25) is 0 Å². The standard InChI is InChI=1S/C18H24FNO/c1-3-14-8-7-11-17(12-14,13-20)18(21,4-2)15-9-5-6-10-16(15)19/h5-6,9-10,14,21H,3-4,7-8,11-12H2,1-2H3. The van der Waals surface area contributed by atoms with Crippen LogP contribution in [0, 0.1) is 28.5 Å². The highest BCUT2D eigenvalue weighted by Crippen LogP contribution is 2.53. The molecule has 114 valence electrons. The average Bonchev–Trinajstić information content (AvgIpc) is 2.54. The van der Waals surface area contributed by atoms with E-state index < -0.39 is 16.8 Å². The summed E-state index contributed by atoms with van der Waals surface area (Å²) in [6.45, 7) is 3.95. The van der Waals surface area contributed by atoms with Gasteiger partial charge in [0.15, 0.2) is 0 Å². The SMILES string of the molecule is CCC1CCCC(C#N)(C(O)(CC)c2ccccc2F)C1. The van der Waals surface area contributed by atoms with Gasteiger partial charge in [0.05, 0.1) is 11.5 Å². The Balaban J connectivity index is 2.51. The molecule has 0 heterocycles. The van der Waals surface area contributed by atoms with Crippen molar-refractivity contribution >= 4 is 0 Å². The molecule has 0 aromatic heterocycles. The zero-order valence-corrected chi connectivity index (χ0v) is 12.9. The van der Waals surface area contributed by atoms with Crippen molar-refractivity contribution in [1.82, 2.24) is 0 Å². The normalized spacial score (nSPS) is 28.6. The van der Waals surface area contributed by atoms with Crippen LogP contribution < -0.4 is 0 Å². The van der Waals surface area contributed by atoms with Gasteiger partial charge in [-0.2, -0.15) is 5.26 Å². The fraction of sp³-hybridized carbons (Fsp3) is 0.611. The van der Waals surface area contributed by atoms with Crippen LogP contribution >= 0.6 is 0 Å². The molecule has 1 aliphatic carbocycles. The van der Waals surface area contributed by atoms with Crippen molar-refractivity contribution in [2.75, 3.05) is 0 Å². The molecule has 1 N–H and O–H groups in total. The monoisotopic (exact) mass is 289 g/mol. The maximum atomic E-state index is 14.2. The predicted octanol–water partition coefficient (Wildman–Crippen LogP) is 4.53. The van der Waals surface area contributed by atoms with E-state index in [1.54, 1.807) is 18.2 Å². The summed E-state index contributed by atoms with van der Waals surface area (Å²) >= 11 is 0. The lowest BCUT2D eigenvalue weighted by atomic mass is 9.58. The van der Waals surface area contributed by atoms with Gasteiger partial charge in [0.25, 0.3) is 0 Å². The minimum Gasteiger partial charge on any atom is -0.383 e. The third-order valence-corrected chi connectivity index (χ3v) is 5.27. The summed E-state index contributed by atoms with van der Waals surface area (Å²) in [6.07, 6.45) is 4.65. The number of aliphatic hydroxyl groups is 1. The summed E-state index contributed by atoms with van der Waals surface area (Å²) in [6, 6.07) is 8.70. The molecule has 0 radical (unpaired) electrons. The van der Waals surface area contributed by atoms with Gasteiger partial charge in [-0.25, -0.2) is 4.39 Å². The topological polar surface area (TPSA) is 44.0 Å². The number of hydrogen-bond acceptors (Lipinski definition) is 2. The molecule has 0 aliphatic heterocycles. The second-order valence-electron chi connectivity index (χ2n) is 6.26. The van der Waals surface area contributed by atoms with Crippen molar-refractivity contribution in [1.29, 1.82) is 5.26 Å². The van der Waals surface area contributed by atoms with Crippen LogP contribution in [-0.2, 0) is 5.60 Å². The summed E-state index contributed by atoms with van der Waals surface area (Å²) in [5.74, 6) is 0.0124. The fourth-order valence-electron chi connectivity index (χ4n) is 3.89. The first-order chi connectivity index (χ1) is 10.0. The van der Waals surface area contributed by atoms with Gasteiger partial charge in [-0.1, -0.05) is 51.3 Å². The second-order valence-corrected chi connectivity index (χ2v) is 6.26. The Morgan fingerprint density at radius 2 is 2.14 bits per heavy atom. The molecule has 0 spiro atoms. The molecular formula is C18H24FNO. The van der Waals surface area contributed by atoms with Gasteiger partial charge in [-0.15, -0.1) is 0 Å². The molecular weight excluding hydrogens is 265 g/mol. The average molecular weight is 289 g/mol. The van der Waals surface area contributed by atoms with Crippen LogP contribution in [0.15, 0.2) is 24.3 Å². The maximum Gasteiger partial charge on any atom is 0.129 e. The quantitative estimate of drug-likeness (QED) is 0.884. The van der Waals surface area contributed by atoms with E-state index in [2.05, 4.69) is 13.0 Å². The van der Waals surface area contributed by atoms with Crippen LogP contribution in [0.5, 0.6) is 0 Å². The summed E-state index contributed by atoms with van der Waals surface area (Å²) in [5, 5.41) is 21.1. The van der Waals surface area contributed by atoms with Crippen LogP contribution in [0.3, 0.4) is 0 Å². The smallest absolute Gasteiger partial charge is 0.129 e. The first-order valence-corrected chi connectivity index (χ1v) is 7.91. The molecule has 2 rings (SSSR count). The lowest BCUT2D eigenvalue weighted by Gasteiger charge is -2.47. The van der Waals surface area contributed by atoms with Crippen molar-refractivity contribution in [3.63, 3.8) is 0 Å². The largest absolute Gasteiger partial charge is 0.383 e. The van der Waals surface area contributed by atoms with Crippen molar-refractivity contribution < 1.29 is 9.50 Å². The first-order valence-electron chi connectivity index (χ1n) is 7.91. The van der Waals surface area contributed by atoms with Gasteiger partial charge in [0.2, 0.25) is 0 Å². The van der Waals surface area contributed by atoms with E-state index >= 15 is 0 Å². The van der Waals surface area contributed by atoms with Gasteiger partial charge in [-0.05, 0) is 31.2 Å². The van der Waals surface area contributed by atoms with Crippen LogP contribution in [0.4, 0.5) is 4.39 Å². The van der Waals surface area contributed by atoms with E-state index in [0.29, 0.717) is 25.2 Å². The Kier molecular flexibility index (Phi) is 4.68. The van der Waals surface area contributed by atoms with E-state index in [0.717, 1.165) is 19.3 Å². The Morgan fingerprint density at radius 3 is 2.71 bits per heavy atom. The molecule has 1 aromatic rings. The number of nitriles is 1. The van der Waals surface area contributed by atoms with E-state index in [-0.39, 0.29) is 5.56 Å². The molecule has 0 bridgehead atoms. The number of hydrogen-bond donors (Lipinski definition) is 1. The molecule has 1 saturated carbocycles. The van der Waals surface area contributed by atoms with Crippen LogP contribution in [0.25, 0.3) is 0 Å². The lowest BCUT2D eigenvalue weighted by Crippen LogP contribution is -2.48. The molecule has 0 saturated heterocycles. The lowest BCUT2D eigenvalue weighted by molar-refractivity contribution is -0.0936. The van der Waals surface area contributed by atoms with Crippen molar-refractivity contribution in [3.8, 4) is 6.07 Å². The summed E-state index contributed by atoms with van der Waals surface area (Å²) in [4.78, 5) is 0. The summed E-state index contributed by atoms with van der Waals surface area (Å²) in [7, 11) is 0. The second kappa shape index (κ2) is 6.15. The van der Waals surface area contributed by atoms with Gasteiger partial charge >= 0.3 is 0 Å². The van der Waals surface area contributed by atoms with Crippen molar-refractivity contribution in [2.45, 2.75) is 58.0 Å². The molecule has 3 unspecified atom stereocenters. The Labute approximate surface area is 126 Å². The van der Waals surface area contributed by atoms with Crippen molar-refractivity contribution in [3.05, 3.63) is 35.6 Å². The molecule has 0 amide bonds.